The fourth-order valence-electron chi connectivity index (χ4n) is 1.16. The number of benzene rings is 1. The average molecular weight is 244 g/mol. The van der Waals surface area contributed by atoms with Crippen LogP contribution >= 0.6 is 23.2 Å². The maximum atomic E-state index is 10.8. The topological polar surface area (TPSA) is 29.1 Å². The summed E-state index contributed by atoms with van der Waals surface area (Å²) in [5.74, 6) is -0.0248. The number of hydrogen-bond acceptors (Lipinski definition) is 2. The van der Waals surface area contributed by atoms with Gasteiger partial charge < -0.3 is 5.32 Å². The number of nitrogens with one attached hydrogen (secondary N) is 1. The minimum atomic E-state index is -0.0248. The van der Waals surface area contributed by atoms with Crippen molar-refractivity contribution in [3.05, 3.63) is 40.0 Å². The van der Waals surface area contributed by atoms with Crippen LogP contribution in [0.4, 0.5) is 5.69 Å². The van der Waals surface area contributed by atoms with Gasteiger partial charge in [0.1, 0.15) is 0 Å². The van der Waals surface area contributed by atoms with Gasteiger partial charge in [0.15, 0.2) is 5.78 Å². The SMILES string of the molecule is CC(=O)/C=C(\C)Nc1c(Cl)cccc1Cl. The van der Waals surface area contributed by atoms with Crippen LogP contribution < -0.4 is 5.32 Å². The summed E-state index contributed by atoms with van der Waals surface area (Å²) in [4.78, 5) is 10.8. The maximum Gasteiger partial charge on any atom is 0.154 e. The van der Waals surface area contributed by atoms with E-state index in [0.29, 0.717) is 21.4 Å². The Morgan fingerprint density at radius 2 is 1.80 bits per heavy atom. The molecule has 15 heavy (non-hydrogen) atoms. The zero-order valence-electron chi connectivity index (χ0n) is 8.47. The van der Waals surface area contributed by atoms with Gasteiger partial charge in [-0.2, -0.15) is 0 Å². The van der Waals surface area contributed by atoms with Crippen LogP contribution in [-0.2, 0) is 4.79 Å². The van der Waals surface area contributed by atoms with E-state index in [9.17, 15) is 4.79 Å². The van der Waals surface area contributed by atoms with Gasteiger partial charge in [-0.3, -0.25) is 4.79 Å². The summed E-state index contributed by atoms with van der Waals surface area (Å²) in [6, 6.07) is 5.23. The number of ketones is 1. The average Bonchev–Trinajstić information content (AvgIpc) is 2.10. The summed E-state index contributed by atoms with van der Waals surface area (Å²) < 4.78 is 0. The van der Waals surface area contributed by atoms with E-state index in [2.05, 4.69) is 5.32 Å². The monoisotopic (exact) mass is 243 g/mol. The molecule has 0 unspecified atom stereocenters. The lowest BCUT2D eigenvalue weighted by molar-refractivity contribution is -0.112. The van der Waals surface area contributed by atoms with Crippen LogP contribution in [0.25, 0.3) is 0 Å². The summed E-state index contributed by atoms with van der Waals surface area (Å²) in [7, 11) is 0. The number of hydrogen-bond donors (Lipinski definition) is 1. The van der Waals surface area contributed by atoms with Crippen molar-refractivity contribution in [3.63, 3.8) is 0 Å². The minimum Gasteiger partial charge on any atom is -0.357 e. The maximum absolute atomic E-state index is 10.8. The molecule has 0 aromatic heterocycles. The van der Waals surface area contributed by atoms with Crippen LogP contribution in [0.1, 0.15) is 13.8 Å². The highest BCUT2D eigenvalue weighted by atomic mass is 35.5. The second kappa shape index (κ2) is 5.19. The molecule has 4 heteroatoms. The molecule has 0 spiro atoms. The molecule has 1 aromatic rings. The molecule has 0 radical (unpaired) electrons. The molecule has 80 valence electrons. The number of allylic oxidation sites excluding steroid dienone is 2. The summed E-state index contributed by atoms with van der Waals surface area (Å²) in [6.07, 6.45) is 1.49. The van der Waals surface area contributed by atoms with Crippen molar-refractivity contribution in [3.8, 4) is 0 Å². The molecule has 0 amide bonds. The van der Waals surface area contributed by atoms with E-state index < -0.39 is 0 Å². The first-order valence-corrected chi connectivity index (χ1v) is 5.16. The van der Waals surface area contributed by atoms with E-state index in [-0.39, 0.29) is 5.78 Å². The molecule has 0 aliphatic rings. The molecule has 0 bridgehead atoms. The first-order valence-electron chi connectivity index (χ1n) is 4.40. The Bertz CT molecular complexity index is 393. The highest BCUT2D eigenvalue weighted by Gasteiger charge is 2.04. The van der Waals surface area contributed by atoms with Crippen molar-refractivity contribution in [1.29, 1.82) is 0 Å². The third kappa shape index (κ3) is 3.57. The third-order valence-corrected chi connectivity index (χ3v) is 2.33. The zero-order valence-corrected chi connectivity index (χ0v) is 9.99. The Labute approximate surface area is 98.9 Å². The number of halogens is 2. The van der Waals surface area contributed by atoms with E-state index in [1.54, 1.807) is 25.1 Å². The standard InChI is InChI=1S/C11H11Cl2NO/c1-7(6-8(2)15)14-11-9(12)4-3-5-10(11)13/h3-6,14H,1-2H3/b7-6+. The lowest BCUT2D eigenvalue weighted by atomic mass is 10.3. The summed E-state index contributed by atoms with van der Waals surface area (Å²) in [5.41, 5.74) is 1.33. The predicted molar refractivity (Wildman–Crippen MR) is 64.5 cm³/mol. The number of carbonyl (C=O) groups excluding carboxylic acids is 1. The highest BCUT2D eigenvalue weighted by molar-refractivity contribution is 6.39. The normalized spacial score (nSPS) is 11.3. The molecule has 0 saturated carbocycles. The van der Waals surface area contributed by atoms with Crippen LogP contribution in [0, 0.1) is 0 Å². The molecular formula is C11H11Cl2NO. The Balaban J connectivity index is 2.94. The first kappa shape index (κ1) is 12.1. The summed E-state index contributed by atoms with van der Waals surface area (Å²) >= 11 is 11.9. The van der Waals surface area contributed by atoms with Gasteiger partial charge in [0.05, 0.1) is 15.7 Å². The lowest BCUT2D eigenvalue weighted by Crippen LogP contribution is -1.99. The Hall–Kier alpha value is -0.990. The minimum absolute atomic E-state index is 0.0248. The second-order valence-electron chi connectivity index (χ2n) is 3.16. The smallest absolute Gasteiger partial charge is 0.154 e. The van der Waals surface area contributed by atoms with Gasteiger partial charge in [0.2, 0.25) is 0 Å². The van der Waals surface area contributed by atoms with Gasteiger partial charge in [0.25, 0.3) is 0 Å². The Morgan fingerprint density at radius 3 is 2.27 bits per heavy atom. The number of para-hydroxylation sites is 1. The van der Waals surface area contributed by atoms with Gasteiger partial charge in [-0.05, 0) is 32.1 Å². The fraction of sp³-hybridized carbons (Fsp3) is 0.182. The van der Waals surface area contributed by atoms with E-state index in [1.807, 2.05) is 0 Å². The molecule has 1 aromatic carbocycles. The van der Waals surface area contributed by atoms with E-state index in [4.69, 9.17) is 23.2 Å². The van der Waals surface area contributed by atoms with E-state index in [1.165, 1.54) is 13.0 Å². The van der Waals surface area contributed by atoms with Crippen LogP contribution in [0.3, 0.4) is 0 Å². The van der Waals surface area contributed by atoms with Gasteiger partial charge in [0, 0.05) is 5.70 Å². The van der Waals surface area contributed by atoms with Crippen molar-refractivity contribution in [1.82, 2.24) is 0 Å². The molecule has 0 atom stereocenters. The van der Waals surface area contributed by atoms with E-state index >= 15 is 0 Å². The largest absolute Gasteiger partial charge is 0.357 e. The van der Waals surface area contributed by atoms with E-state index in [0.717, 1.165) is 0 Å². The van der Waals surface area contributed by atoms with Gasteiger partial charge in [-0.15, -0.1) is 0 Å². The predicted octanol–water partition coefficient (Wildman–Crippen LogP) is 3.90. The first-order chi connectivity index (χ1) is 7.00. The molecule has 1 N–H and O–H groups in total. The van der Waals surface area contributed by atoms with Gasteiger partial charge in [-0.1, -0.05) is 29.3 Å². The number of anilines is 1. The van der Waals surface area contributed by atoms with Crippen molar-refractivity contribution in [2.75, 3.05) is 5.32 Å². The van der Waals surface area contributed by atoms with Crippen LogP contribution in [0.5, 0.6) is 0 Å². The highest BCUT2D eigenvalue weighted by Crippen LogP contribution is 2.30. The molecule has 2 nitrogen and oxygen atoms in total. The molecule has 0 aliphatic heterocycles. The number of rotatable bonds is 3. The van der Waals surface area contributed by atoms with Crippen molar-refractivity contribution in [2.24, 2.45) is 0 Å². The molecular weight excluding hydrogens is 233 g/mol. The Morgan fingerprint density at radius 1 is 1.27 bits per heavy atom. The van der Waals surface area contributed by atoms with Crippen molar-refractivity contribution in [2.45, 2.75) is 13.8 Å². The third-order valence-electron chi connectivity index (χ3n) is 1.70. The summed E-state index contributed by atoms with van der Waals surface area (Å²) in [6.45, 7) is 3.26. The Kier molecular flexibility index (Phi) is 4.18. The zero-order chi connectivity index (χ0) is 11.4. The summed E-state index contributed by atoms with van der Waals surface area (Å²) in [5, 5.41) is 4.04. The number of carbonyl (C=O) groups is 1. The molecule has 0 heterocycles. The molecule has 0 aliphatic carbocycles. The second-order valence-corrected chi connectivity index (χ2v) is 3.97. The quantitative estimate of drug-likeness (QED) is 0.817. The fourth-order valence-corrected chi connectivity index (χ4v) is 1.65. The van der Waals surface area contributed by atoms with Crippen molar-refractivity contribution < 1.29 is 4.79 Å². The molecule has 1 rings (SSSR count). The molecule has 0 fully saturated rings. The van der Waals surface area contributed by atoms with Crippen molar-refractivity contribution >= 4 is 34.7 Å². The molecule has 0 saturated heterocycles. The van der Waals surface area contributed by atoms with Gasteiger partial charge >= 0.3 is 0 Å². The lowest BCUT2D eigenvalue weighted by Gasteiger charge is -2.09. The van der Waals surface area contributed by atoms with Crippen LogP contribution in [-0.4, -0.2) is 5.78 Å². The van der Waals surface area contributed by atoms with Crippen LogP contribution in [0.15, 0.2) is 30.0 Å². The van der Waals surface area contributed by atoms with Gasteiger partial charge in [-0.25, -0.2) is 0 Å². The van der Waals surface area contributed by atoms with Crippen LogP contribution in [0.2, 0.25) is 10.0 Å².